The Hall–Kier alpha value is -2.11. The van der Waals surface area contributed by atoms with Gasteiger partial charge in [0.25, 0.3) is 5.91 Å². The predicted molar refractivity (Wildman–Crippen MR) is 74.9 cm³/mol. The van der Waals surface area contributed by atoms with Crippen LogP contribution in [0.4, 0.5) is 36.4 Å². The Morgan fingerprint density at radius 3 is 1.92 bits per heavy atom. The molecule has 2 rings (SSSR count). The summed E-state index contributed by atoms with van der Waals surface area (Å²) in [5.74, 6) is -11.3. The van der Waals surface area contributed by atoms with Crippen molar-refractivity contribution >= 4 is 27.5 Å². The van der Waals surface area contributed by atoms with Crippen molar-refractivity contribution in [1.29, 1.82) is 0 Å². The first-order valence-corrected chi connectivity index (χ1v) is 7.10. The second-order valence-electron chi connectivity index (χ2n) is 4.83. The number of alkyl halides is 3. The van der Waals surface area contributed by atoms with Gasteiger partial charge in [0, 0.05) is 7.05 Å². The highest BCUT2D eigenvalue weighted by molar-refractivity contribution is 9.10. The number of rotatable bonds is 2. The third-order valence-corrected chi connectivity index (χ3v) is 4.10. The topological polar surface area (TPSA) is 46.9 Å². The van der Waals surface area contributed by atoms with E-state index in [1.165, 1.54) is 19.3 Å². The standard InChI is InChI=1S/C13H7BrF7N3O/c1-3-5(14)11(24(2)23-3)12(25)22-10-8(17)6(15)4(13(19,20)21)7(16)9(10)18/h1-2H3,(H,22,25). The van der Waals surface area contributed by atoms with Crippen molar-refractivity contribution in [3.63, 3.8) is 0 Å². The van der Waals surface area contributed by atoms with E-state index in [0.29, 0.717) is 5.69 Å². The minimum Gasteiger partial charge on any atom is -0.315 e. The van der Waals surface area contributed by atoms with Crippen molar-refractivity contribution in [2.75, 3.05) is 5.32 Å². The lowest BCUT2D eigenvalue weighted by Gasteiger charge is -2.14. The monoisotopic (exact) mass is 433 g/mol. The first-order valence-electron chi connectivity index (χ1n) is 6.31. The summed E-state index contributed by atoms with van der Waals surface area (Å²) in [5, 5.41) is 5.35. The number of aryl methyl sites for hydroxylation is 2. The number of benzene rings is 1. The lowest BCUT2D eigenvalue weighted by Crippen LogP contribution is -2.22. The van der Waals surface area contributed by atoms with Crippen LogP contribution in [0.1, 0.15) is 21.7 Å². The maximum atomic E-state index is 13.8. The lowest BCUT2D eigenvalue weighted by molar-refractivity contribution is -0.143. The molecule has 0 saturated heterocycles. The fourth-order valence-electron chi connectivity index (χ4n) is 2.04. The molecule has 0 radical (unpaired) electrons. The number of hydrogen-bond acceptors (Lipinski definition) is 2. The van der Waals surface area contributed by atoms with Crippen LogP contribution in [0.2, 0.25) is 0 Å². The molecule has 0 aliphatic carbocycles. The van der Waals surface area contributed by atoms with Crippen LogP contribution in [0.5, 0.6) is 0 Å². The largest absolute Gasteiger partial charge is 0.422 e. The van der Waals surface area contributed by atoms with Gasteiger partial charge in [-0.25, -0.2) is 17.6 Å². The van der Waals surface area contributed by atoms with Crippen molar-refractivity contribution < 1.29 is 35.5 Å². The van der Waals surface area contributed by atoms with Gasteiger partial charge >= 0.3 is 6.18 Å². The molecule has 0 saturated carbocycles. The molecule has 0 unspecified atom stereocenters. The second kappa shape index (κ2) is 6.32. The molecule has 0 atom stereocenters. The molecule has 0 fully saturated rings. The van der Waals surface area contributed by atoms with E-state index in [2.05, 4.69) is 21.0 Å². The van der Waals surface area contributed by atoms with Gasteiger partial charge in [-0.05, 0) is 22.9 Å². The fourth-order valence-corrected chi connectivity index (χ4v) is 2.56. The zero-order chi connectivity index (χ0) is 19.3. The van der Waals surface area contributed by atoms with Gasteiger partial charge in [0.1, 0.15) is 16.9 Å². The van der Waals surface area contributed by atoms with Gasteiger partial charge in [0.2, 0.25) is 0 Å². The first-order chi connectivity index (χ1) is 11.4. The van der Waals surface area contributed by atoms with Crippen LogP contribution >= 0.6 is 15.9 Å². The molecule has 1 aromatic carbocycles. The van der Waals surface area contributed by atoms with E-state index in [1.807, 2.05) is 0 Å². The molecule has 0 aliphatic rings. The predicted octanol–water partition coefficient (Wildman–Crippen LogP) is 4.32. The molecule has 136 valence electrons. The Morgan fingerprint density at radius 1 is 1.08 bits per heavy atom. The van der Waals surface area contributed by atoms with Crippen LogP contribution in [0.25, 0.3) is 0 Å². The summed E-state index contributed by atoms with van der Waals surface area (Å²) in [6.45, 7) is 1.49. The van der Waals surface area contributed by atoms with E-state index in [-0.39, 0.29) is 10.2 Å². The number of nitrogens with zero attached hydrogens (tertiary/aromatic N) is 2. The van der Waals surface area contributed by atoms with Gasteiger partial charge in [-0.2, -0.15) is 18.3 Å². The van der Waals surface area contributed by atoms with Gasteiger partial charge in [-0.15, -0.1) is 0 Å². The zero-order valence-corrected chi connectivity index (χ0v) is 13.9. The van der Waals surface area contributed by atoms with Gasteiger partial charge in [-0.3, -0.25) is 9.48 Å². The molecule has 0 spiro atoms. The Kier molecular flexibility index (Phi) is 4.86. The number of carbonyl (C=O) groups is 1. The van der Waals surface area contributed by atoms with E-state index in [1.54, 1.807) is 0 Å². The Balaban J connectivity index is 2.56. The summed E-state index contributed by atoms with van der Waals surface area (Å²) in [6.07, 6.45) is -5.67. The van der Waals surface area contributed by atoms with Crippen LogP contribution in [0.15, 0.2) is 4.47 Å². The number of halogens is 8. The highest BCUT2D eigenvalue weighted by Gasteiger charge is 2.42. The third kappa shape index (κ3) is 3.22. The van der Waals surface area contributed by atoms with E-state index < -0.39 is 46.6 Å². The highest BCUT2D eigenvalue weighted by atomic mass is 79.9. The summed E-state index contributed by atoms with van der Waals surface area (Å²) < 4.78 is 93.3. The smallest absolute Gasteiger partial charge is 0.315 e. The van der Waals surface area contributed by atoms with Gasteiger partial charge in [0.15, 0.2) is 23.3 Å². The maximum Gasteiger partial charge on any atom is 0.422 e. The number of amides is 1. The van der Waals surface area contributed by atoms with Gasteiger partial charge in [0.05, 0.1) is 10.2 Å². The number of aromatic nitrogens is 2. The van der Waals surface area contributed by atoms with Gasteiger partial charge in [-0.1, -0.05) is 0 Å². The van der Waals surface area contributed by atoms with Crippen LogP contribution in [-0.2, 0) is 13.2 Å². The van der Waals surface area contributed by atoms with E-state index in [4.69, 9.17) is 0 Å². The minimum absolute atomic E-state index is 0.126. The number of anilines is 1. The van der Waals surface area contributed by atoms with Crippen molar-refractivity contribution in [3.05, 3.63) is 44.7 Å². The Bertz CT molecular complexity index is 847. The average molecular weight is 434 g/mol. The van der Waals surface area contributed by atoms with Crippen molar-refractivity contribution in [2.24, 2.45) is 7.05 Å². The molecule has 2 aromatic rings. The molecular formula is C13H7BrF7N3O. The van der Waals surface area contributed by atoms with Crippen molar-refractivity contribution in [1.82, 2.24) is 9.78 Å². The summed E-state index contributed by atoms with van der Waals surface area (Å²) in [7, 11) is 1.30. The normalized spacial score (nSPS) is 11.8. The molecule has 1 heterocycles. The Labute approximate surface area is 143 Å². The number of carbonyl (C=O) groups excluding carboxylic acids is 1. The third-order valence-electron chi connectivity index (χ3n) is 3.15. The minimum atomic E-state index is -5.67. The quantitative estimate of drug-likeness (QED) is 0.566. The molecule has 4 nitrogen and oxygen atoms in total. The molecule has 1 N–H and O–H groups in total. The molecule has 12 heteroatoms. The summed E-state index contributed by atoms with van der Waals surface area (Å²) in [6, 6.07) is 0. The van der Waals surface area contributed by atoms with Crippen molar-refractivity contribution in [2.45, 2.75) is 13.1 Å². The molecule has 0 aliphatic heterocycles. The van der Waals surface area contributed by atoms with Crippen LogP contribution in [-0.4, -0.2) is 15.7 Å². The van der Waals surface area contributed by atoms with Crippen LogP contribution in [0.3, 0.4) is 0 Å². The van der Waals surface area contributed by atoms with E-state index in [0.717, 1.165) is 4.68 Å². The first kappa shape index (κ1) is 19.2. The Morgan fingerprint density at radius 2 is 1.56 bits per heavy atom. The van der Waals surface area contributed by atoms with Gasteiger partial charge < -0.3 is 5.32 Å². The SMILES string of the molecule is Cc1nn(C)c(C(=O)Nc2c(F)c(F)c(C(F)(F)F)c(F)c2F)c1Br. The van der Waals surface area contributed by atoms with Crippen LogP contribution < -0.4 is 5.32 Å². The average Bonchev–Trinajstić information content (AvgIpc) is 2.73. The van der Waals surface area contributed by atoms with Crippen LogP contribution in [0, 0.1) is 30.2 Å². The zero-order valence-electron chi connectivity index (χ0n) is 12.3. The molecule has 1 aromatic heterocycles. The summed E-state index contributed by atoms with van der Waals surface area (Å²) in [4.78, 5) is 12.1. The summed E-state index contributed by atoms with van der Waals surface area (Å²) >= 11 is 2.99. The van der Waals surface area contributed by atoms with E-state index in [9.17, 15) is 35.5 Å². The van der Waals surface area contributed by atoms with E-state index >= 15 is 0 Å². The molecule has 0 bridgehead atoms. The van der Waals surface area contributed by atoms with Crippen molar-refractivity contribution in [3.8, 4) is 0 Å². The fraction of sp³-hybridized carbons (Fsp3) is 0.231. The lowest BCUT2D eigenvalue weighted by atomic mass is 10.1. The molecular weight excluding hydrogens is 427 g/mol. The molecule has 1 amide bonds. The number of nitrogens with one attached hydrogen (secondary N) is 1. The maximum absolute atomic E-state index is 13.8. The number of hydrogen-bond donors (Lipinski definition) is 1. The second-order valence-corrected chi connectivity index (χ2v) is 5.62. The molecule has 25 heavy (non-hydrogen) atoms. The highest BCUT2D eigenvalue weighted by Crippen LogP contribution is 2.38. The summed E-state index contributed by atoms with van der Waals surface area (Å²) in [5.41, 5.74) is -4.35.